The van der Waals surface area contributed by atoms with E-state index in [-0.39, 0.29) is 0 Å². The Morgan fingerprint density at radius 3 is 2.47 bits per heavy atom. The van der Waals surface area contributed by atoms with E-state index in [9.17, 15) is 0 Å². The quantitative estimate of drug-likeness (QED) is 0.776. The third kappa shape index (κ3) is 3.48. The molecule has 1 rings (SSSR count). The van der Waals surface area contributed by atoms with Gasteiger partial charge in [-0.1, -0.05) is 33.6 Å². The standard InChI is InChI=1S/C14H27N3/c1-6-9-15-14-16-11(4)10-17(14)12(5)13(7-2)8-3/h10,12-13H,6-9H2,1-5H3,(H,15,16). The Morgan fingerprint density at radius 2 is 1.94 bits per heavy atom. The highest BCUT2D eigenvalue weighted by Gasteiger charge is 2.18. The number of anilines is 1. The highest BCUT2D eigenvalue weighted by Crippen LogP contribution is 2.27. The first-order valence-corrected chi connectivity index (χ1v) is 6.93. The number of imidazole rings is 1. The molecule has 3 heteroatoms. The molecule has 0 radical (unpaired) electrons. The summed E-state index contributed by atoms with van der Waals surface area (Å²) in [6.07, 6.45) is 5.75. The highest BCUT2D eigenvalue weighted by molar-refractivity contribution is 5.29. The van der Waals surface area contributed by atoms with Crippen LogP contribution in [0, 0.1) is 12.8 Å². The molecule has 0 fully saturated rings. The first-order chi connectivity index (χ1) is 8.13. The molecule has 0 aliphatic heterocycles. The van der Waals surface area contributed by atoms with Crippen LogP contribution in [0.1, 0.15) is 58.7 Å². The molecule has 1 heterocycles. The maximum atomic E-state index is 4.57. The van der Waals surface area contributed by atoms with Gasteiger partial charge in [0, 0.05) is 18.8 Å². The van der Waals surface area contributed by atoms with Crippen LogP contribution in [-0.2, 0) is 0 Å². The summed E-state index contributed by atoms with van der Waals surface area (Å²) in [6, 6.07) is 0.519. The molecule has 1 N–H and O–H groups in total. The monoisotopic (exact) mass is 237 g/mol. The number of aryl methyl sites for hydroxylation is 1. The summed E-state index contributed by atoms with van der Waals surface area (Å²) >= 11 is 0. The van der Waals surface area contributed by atoms with E-state index in [1.165, 1.54) is 12.8 Å². The van der Waals surface area contributed by atoms with Crippen molar-refractivity contribution in [2.24, 2.45) is 5.92 Å². The Kier molecular flexibility index (Phi) is 5.52. The summed E-state index contributed by atoms with van der Waals surface area (Å²) in [4.78, 5) is 4.57. The third-order valence-electron chi connectivity index (χ3n) is 3.56. The van der Waals surface area contributed by atoms with Crippen molar-refractivity contribution in [3.8, 4) is 0 Å². The van der Waals surface area contributed by atoms with E-state index in [1.807, 2.05) is 0 Å². The maximum Gasteiger partial charge on any atom is 0.203 e. The molecule has 1 aromatic heterocycles. The summed E-state index contributed by atoms with van der Waals surface area (Å²) in [6.45, 7) is 12.1. The second-order valence-electron chi connectivity index (χ2n) is 4.86. The number of nitrogens with one attached hydrogen (secondary N) is 1. The van der Waals surface area contributed by atoms with Crippen molar-refractivity contribution >= 4 is 5.95 Å². The second-order valence-corrected chi connectivity index (χ2v) is 4.86. The smallest absolute Gasteiger partial charge is 0.203 e. The van der Waals surface area contributed by atoms with Crippen molar-refractivity contribution in [3.63, 3.8) is 0 Å². The van der Waals surface area contributed by atoms with Crippen LogP contribution in [0.2, 0.25) is 0 Å². The molecule has 0 amide bonds. The minimum Gasteiger partial charge on any atom is -0.356 e. The van der Waals surface area contributed by atoms with E-state index in [4.69, 9.17) is 0 Å². The molecule has 98 valence electrons. The molecule has 0 bridgehead atoms. The van der Waals surface area contributed by atoms with Crippen molar-refractivity contribution in [1.82, 2.24) is 9.55 Å². The molecular formula is C14H27N3. The fraction of sp³-hybridized carbons (Fsp3) is 0.786. The number of aromatic nitrogens is 2. The summed E-state index contributed by atoms with van der Waals surface area (Å²) in [5, 5.41) is 3.42. The summed E-state index contributed by atoms with van der Waals surface area (Å²) in [5.74, 6) is 1.76. The van der Waals surface area contributed by atoms with Crippen LogP contribution in [0.4, 0.5) is 5.95 Å². The largest absolute Gasteiger partial charge is 0.356 e. The predicted octanol–water partition coefficient (Wildman–Crippen LogP) is 4.01. The Hall–Kier alpha value is -0.990. The van der Waals surface area contributed by atoms with Crippen molar-refractivity contribution in [1.29, 1.82) is 0 Å². The van der Waals surface area contributed by atoms with Crippen LogP contribution in [0.5, 0.6) is 0 Å². The lowest BCUT2D eigenvalue weighted by atomic mass is 9.95. The Bertz CT molecular complexity index is 326. The van der Waals surface area contributed by atoms with Gasteiger partial charge in [-0.3, -0.25) is 0 Å². The zero-order valence-corrected chi connectivity index (χ0v) is 12.0. The lowest BCUT2D eigenvalue weighted by Gasteiger charge is -2.24. The molecule has 1 aromatic rings. The predicted molar refractivity (Wildman–Crippen MR) is 74.5 cm³/mol. The average Bonchev–Trinajstić information content (AvgIpc) is 2.69. The molecule has 0 saturated carbocycles. The van der Waals surface area contributed by atoms with Crippen LogP contribution in [0.25, 0.3) is 0 Å². The number of rotatable bonds is 7. The topological polar surface area (TPSA) is 29.9 Å². The molecule has 17 heavy (non-hydrogen) atoms. The van der Waals surface area contributed by atoms with Gasteiger partial charge in [0.1, 0.15) is 0 Å². The molecule has 1 unspecified atom stereocenters. The zero-order valence-electron chi connectivity index (χ0n) is 12.0. The number of hydrogen-bond donors (Lipinski definition) is 1. The molecule has 0 aliphatic rings. The molecule has 0 spiro atoms. The SMILES string of the molecule is CCCNc1nc(C)cn1C(C)C(CC)CC. The minimum atomic E-state index is 0.519. The molecule has 3 nitrogen and oxygen atoms in total. The first-order valence-electron chi connectivity index (χ1n) is 6.93. The van der Waals surface area contributed by atoms with Crippen molar-refractivity contribution in [2.45, 2.75) is 59.9 Å². The van der Waals surface area contributed by atoms with E-state index >= 15 is 0 Å². The molecule has 0 saturated heterocycles. The lowest BCUT2D eigenvalue weighted by Crippen LogP contribution is -2.18. The van der Waals surface area contributed by atoms with E-state index in [2.05, 4.69) is 55.7 Å². The van der Waals surface area contributed by atoms with Gasteiger partial charge in [-0.2, -0.15) is 0 Å². The van der Waals surface area contributed by atoms with E-state index in [0.717, 1.165) is 30.5 Å². The van der Waals surface area contributed by atoms with Crippen LogP contribution in [-0.4, -0.2) is 16.1 Å². The number of nitrogens with zero attached hydrogens (tertiary/aromatic N) is 2. The van der Waals surface area contributed by atoms with Gasteiger partial charge >= 0.3 is 0 Å². The fourth-order valence-electron chi connectivity index (χ4n) is 2.39. The number of hydrogen-bond acceptors (Lipinski definition) is 2. The minimum absolute atomic E-state index is 0.519. The van der Waals surface area contributed by atoms with Crippen LogP contribution < -0.4 is 5.32 Å². The zero-order chi connectivity index (χ0) is 12.8. The van der Waals surface area contributed by atoms with E-state index in [0.29, 0.717) is 6.04 Å². The Morgan fingerprint density at radius 1 is 1.29 bits per heavy atom. The van der Waals surface area contributed by atoms with Crippen LogP contribution in [0.3, 0.4) is 0 Å². The van der Waals surface area contributed by atoms with Gasteiger partial charge in [0.25, 0.3) is 0 Å². The third-order valence-corrected chi connectivity index (χ3v) is 3.56. The van der Waals surface area contributed by atoms with E-state index in [1.54, 1.807) is 0 Å². The van der Waals surface area contributed by atoms with Crippen molar-refractivity contribution < 1.29 is 0 Å². The second kappa shape index (κ2) is 6.67. The molecule has 0 aromatic carbocycles. The maximum absolute atomic E-state index is 4.57. The first kappa shape index (κ1) is 14.1. The summed E-state index contributed by atoms with van der Waals surface area (Å²) in [5.41, 5.74) is 1.10. The summed E-state index contributed by atoms with van der Waals surface area (Å²) in [7, 11) is 0. The normalized spacial score (nSPS) is 13.1. The van der Waals surface area contributed by atoms with Gasteiger partial charge in [0.2, 0.25) is 5.95 Å². The molecule has 1 atom stereocenters. The fourth-order valence-corrected chi connectivity index (χ4v) is 2.39. The van der Waals surface area contributed by atoms with Gasteiger partial charge in [-0.15, -0.1) is 0 Å². The lowest BCUT2D eigenvalue weighted by molar-refractivity contribution is 0.335. The summed E-state index contributed by atoms with van der Waals surface area (Å²) < 4.78 is 2.31. The average molecular weight is 237 g/mol. The van der Waals surface area contributed by atoms with Gasteiger partial charge < -0.3 is 9.88 Å². The van der Waals surface area contributed by atoms with Gasteiger partial charge in [-0.05, 0) is 26.2 Å². The van der Waals surface area contributed by atoms with E-state index < -0.39 is 0 Å². The Balaban J connectivity index is 2.87. The van der Waals surface area contributed by atoms with Gasteiger partial charge in [0.05, 0.1) is 5.69 Å². The van der Waals surface area contributed by atoms with Gasteiger partial charge in [0.15, 0.2) is 0 Å². The van der Waals surface area contributed by atoms with Crippen LogP contribution >= 0.6 is 0 Å². The Labute approximate surface area is 106 Å². The van der Waals surface area contributed by atoms with Gasteiger partial charge in [-0.25, -0.2) is 4.98 Å². The highest BCUT2D eigenvalue weighted by atomic mass is 15.2. The molecule has 0 aliphatic carbocycles. The molecular weight excluding hydrogens is 210 g/mol. The van der Waals surface area contributed by atoms with Crippen LogP contribution in [0.15, 0.2) is 6.20 Å². The van der Waals surface area contributed by atoms with Crippen molar-refractivity contribution in [2.75, 3.05) is 11.9 Å². The van der Waals surface area contributed by atoms with Crippen molar-refractivity contribution in [3.05, 3.63) is 11.9 Å².